The fraction of sp³-hybridized carbons (Fsp3) is 0.333. The van der Waals surface area contributed by atoms with Crippen molar-refractivity contribution in [2.75, 3.05) is 11.9 Å². The van der Waals surface area contributed by atoms with E-state index >= 15 is 0 Å². The van der Waals surface area contributed by atoms with Crippen molar-refractivity contribution >= 4 is 11.6 Å². The van der Waals surface area contributed by atoms with Crippen LogP contribution in [0.1, 0.15) is 48.6 Å². The molecule has 2 aromatic heterocycles. The average molecular weight is 364 g/mol. The van der Waals surface area contributed by atoms with E-state index in [4.69, 9.17) is 4.42 Å². The van der Waals surface area contributed by atoms with E-state index in [-0.39, 0.29) is 17.6 Å². The molecule has 0 spiro atoms. The standard InChI is InChI=1S/C21H24N4O2/c1-21(2,3)25-13-15(12-22-25)19-23(4)18-10-6-5-9-17(18)20(26)24(19)14-16-8-7-11-27-16/h5-13,19H,14H2,1-4H3. The number of aromatic nitrogens is 2. The van der Waals surface area contributed by atoms with Crippen molar-refractivity contribution in [3.05, 3.63) is 71.9 Å². The Kier molecular flexibility index (Phi) is 4.06. The zero-order valence-corrected chi connectivity index (χ0v) is 16.1. The van der Waals surface area contributed by atoms with Gasteiger partial charge in [0.05, 0.1) is 35.8 Å². The molecule has 1 aliphatic heterocycles. The molecule has 27 heavy (non-hydrogen) atoms. The van der Waals surface area contributed by atoms with Crippen LogP contribution in [0.2, 0.25) is 0 Å². The molecule has 0 saturated carbocycles. The largest absolute Gasteiger partial charge is 0.467 e. The van der Waals surface area contributed by atoms with Gasteiger partial charge in [-0.05, 0) is 45.0 Å². The van der Waals surface area contributed by atoms with Crippen molar-refractivity contribution < 1.29 is 9.21 Å². The highest BCUT2D eigenvalue weighted by atomic mass is 16.3. The minimum atomic E-state index is -0.256. The fourth-order valence-corrected chi connectivity index (χ4v) is 3.54. The van der Waals surface area contributed by atoms with Gasteiger partial charge in [0, 0.05) is 18.8 Å². The third-order valence-corrected chi connectivity index (χ3v) is 4.93. The molecule has 1 amide bonds. The smallest absolute Gasteiger partial charge is 0.258 e. The van der Waals surface area contributed by atoms with Gasteiger partial charge in [0.15, 0.2) is 0 Å². The highest BCUT2D eigenvalue weighted by molar-refractivity contribution is 6.02. The summed E-state index contributed by atoms with van der Waals surface area (Å²) in [5.74, 6) is 0.748. The average Bonchev–Trinajstić information content (AvgIpc) is 3.31. The normalized spacial score (nSPS) is 17.3. The zero-order valence-electron chi connectivity index (χ0n) is 16.1. The molecule has 3 aromatic rings. The first kappa shape index (κ1) is 17.4. The summed E-state index contributed by atoms with van der Waals surface area (Å²) in [5.41, 5.74) is 2.47. The summed E-state index contributed by atoms with van der Waals surface area (Å²) in [6, 6.07) is 11.4. The number of fused-ring (bicyclic) bond motifs is 1. The van der Waals surface area contributed by atoms with Gasteiger partial charge < -0.3 is 14.2 Å². The Bertz CT molecular complexity index is 953. The Labute approximate surface area is 159 Å². The SMILES string of the molecule is CN1c2ccccc2C(=O)N(Cc2ccco2)C1c1cnn(C(C)(C)C)c1. The molecule has 6 nitrogen and oxygen atoms in total. The van der Waals surface area contributed by atoms with E-state index in [9.17, 15) is 4.79 Å². The second-order valence-corrected chi connectivity index (χ2v) is 7.90. The van der Waals surface area contributed by atoms with E-state index in [2.05, 4.69) is 30.8 Å². The summed E-state index contributed by atoms with van der Waals surface area (Å²) >= 11 is 0. The lowest BCUT2D eigenvalue weighted by atomic mass is 10.0. The maximum Gasteiger partial charge on any atom is 0.258 e. The summed E-state index contributed by atoms with van der Waals surface area (Å²) in [5, 5.41) is 4.54. The number of hydrogen-bond acceptors (Lipinski definition) is 4. The summed E-state index contributed by atoms with van der Waals surface area (Å²) in [6.07, 6.45) is 5.25. The van der Waals surface area contributed by atoms with Crippen LogP contribution in [-0.2, 0) is 12.1 Å². The molecule has 0 saturated heterocycles. The Balaban J connectivity index is 1.80. The van der Waals surface area contributed by atoms with Crippen molar-refractivity contribution in [3.8, 4) is 0 Å². The summed E-state index contributed by atoms with van der Waals surface area (Å²) in [4.78, 5) is 17.3. The van der Waals surface area contributed by atoms with Crippen LogP contribution in [0, 0.1) is 0 Å². The van der Waals surface area contributed by atoms with Crippen molar-refractivity contribution in [2.45, 2.75) is 39.0 Å². The molecule has 6 heteroatoms. The molecule has 1 atom stereocenters. The van der Waals surface area contributed by atoms with E-state index < -0.39 is 0 Å². The first-order chi connectivity index (χ1) is 12.9. The number of carbonyl (C=O) groups is 1. The summed E-state index contributed by atoms with van der Waals surface area (Å²) < 4.78 is 7.45. The quantitative estimate of drug-likeness (QED) is 0.704. The molecule has 0 fully saturated rings. The number of anilines is 1. The Morgan fingerprint density at radius 1 is 1.15 bits per heavy atom. The predicted octanol–water partition coefficient (Wildman–Crippen LogP) is 4.02. The molecule has 140 valence electrons. The molecule has 0 aliphatic carbocycles. The molecule has 1 aromatic carbocycles. The van der Waals surface area contributed by atoms with Gasteiger partial charge in [-0.3, -0.25) is 9.48 Å². The molecule has 0 radical (unpaired) electrons. The predicted molar refractivity (Wildman–Crippen MR) is 103 cm³/mol. The van der Waals surface area contributed by atoms with Crippen LogP contribution >= 0.6 is 0 Å². The minimum absolute atomic E-state index is 0.00592. The van der Waals surface area contributed by atoms with Gasteiger partial charge in [0.1, 0.15) is 11.9 Å². The second kappa shape index (κ2) is 6.30. The summed E-state index contributed by atoms with van der Waals surface area (Å²) in [7, 11) is 2.01. The van der Waals surface area contributed by atoms with E-state index in [0.29, 0.717) is 12.1 Å². The number of para-hydroxylation sites is 1. The van der Waals surface area contributed by atoms with E-state index in [1.165, 1.54) is 0 Å². The molecular formula is C21H24N4O2. The number of nitrogens with zero attached hydrogens (tertiary/aromatic N) is 4. The lowest BCUT2D eigenvalue weighted by Crippen LogP contribution is -2.47. The van der Waals surface area contributed by atoms with E-state index in [1.807, 2.05) is 65.4 Å². The first-order valence-corrected chi connectivity index (χ1v) is 9.06. The lowest BCUT2D eigenvalue weighted by Gasteiger charge is -2.43. The minimum Gasteiger partial charge on any atom is -0.467 e. The van der Waals surface area contributed by atoms with Crippen LogP contribution in [0.5, 0.6) is 0 Å². The monoisotopic (exact) mass is 364 g/mol. The zero-order chi connectivity index (χ0) is 19.2. The van der Waals surface area contributed by atoms with Gasteiger partial charge in [-0.25, -0.2) is 0 Å². The number of furan rings is 1. The lowest BCUT2D eigenvalue weighted by molar-refractivity contribution is 0.0619. The first-order valence-electron chi connectivity index (χ1n) is 9.06. The number of amides is 1. The van der Waals surface area contributed by atoms with Gasteiger partial charge in [-0.15, -0.1) is 0 Å². The van der Waals surface area contributed by atoms with E-state index in [0.717, 1.165) is 17.0 Å². The molecule has 0 N–H and O–H groups in total. The van der Waals surface area contributed by atoms with Gasteiger partial charge in [0.2, 0.25) is 0 Å². The third-order valence-electron chi connectivity index (χ3n) is 4.93. The van der Waals surface area contributed by atoms with Gasteiger partial charge in [-0.1, -0.05) is 12.1 Å². The highest BCUT2D eigenvalue weighted by Gasteiger charge is 2.38. The van der Waals surface area contributed by atoms with Crippen LogP contribution in [-0.4, -0.2) is 27.6 Å². The Hall–Kier alpha value is -3.02. The molecule has 1 unspecified atom stereocenters. The van der Waals surface area contributed by atoms with Gasteiger partial charge in [-0.2, -0.15) is 5.10 Å². The second-order valence-electron chi connectivity index (χ2n) is 7.90. The topological polar surface area (TPSA) is 54.5 Å². The molecular weight excluding hydrogens is 340 g/mol. The number of benzene rings is 1. The van der Waals surface area contributed by atoms with Crippen LogP contribution in [0.4, 0.5) is 5.69 Å². The van der Waals surface area contributed by atoms with Crippen LogP contribution in [0.15, 0.2) is 59.5 Å². The van der Waals surface area contributed by atoms with Crippen molar-refractivity contribution in [1.29, 1.82) is 0 Å². The van der Waals surface area contributed by atoms with Gasteiger partial charge >= 0.3 is 0 Å². The maximum atomic E-state index is 13.3. The van der Waals surface area contributed by atoms with Gasteiger partial charge in [0.25, 0.3) is 5.91 Å². The number of rotatable bonds is 3. The van der Waals surface area contributed by atoms with Crippen molar-refractivity contribution in [2.24, 2.45) is 0 Å². The Morgan fingerprint density at radius 3 is 2.59 bits per heavy atom. The summed E-state index contributed by atoms with van der Waals surface area (Å²) in [6.45, 7) is 6.72. The third kappa shape index (κ3) is 3.01. The Morgan fingerprint density at radius 2 is 1.93 bits per heavy atom. The van der Waals surface area contributed by atoms with Crippen molar-refractivity contribution in [1.82, 2.24) is 14.7 Å². The highest BCUT2D eigenvalue weighted by Crippen LogP contribution is 2.38. The van der Waals surface area contributed by atoms with Crippen LogP contribution in [0.25, 0.3) is 0 Å². The number of hydrogen-bond donors (Lipinski definition) is 0. The van der Waals surface area contributed by atoms with Crippen LogP contribution < -0.4 is 4.90 Å². The van der Waals surface area contributed by atoms with E-state index in [1.54, 1.807) is 6.26 Å². The maximum absolute atomic E-state index is 13.3. The molecule has 0 bridgehead atoms. The molecule has 4 rings (SSSR count). The van der Waals surface area contributed by atoms with Crippen molar-refractivity contribution in [3.63, 3.8) is 0 Å². The fourth-order valence-electron chi connectivity index (χ4n) is 3.54. The molecule has 1 aliphatic rings. The number of carbonyl (C=O) groups excluding carboxylic acids is 1. The molecule has 3 heterocycles. The van der Waals surface area contributed by atoms with Crippen LogP contribution in [0.3, 0.4) is 0 Å².